The average Bonchev–Trinajstić information content (AvgIpc) is 3.90. The van der Waals surface area contributed by atoms with Crippen LogP contribution in [0.4, 0.5) is 0 Å². The number of H-pyrrole nitrogens is 1. The number of tetrazole rings is 1. The molecule has 0 radical (unpaired) electrons. The van der Waals surface area contributed by atoms with Gasteiger partial charge >= 0.3 is 0 Å². The topological polar surface area (TPSA) is 89.6 Å². The van der Waals surface area contributed by atoms with Crippen LogP contribution < -0.4 is 0 Å². The molecule has 0 aliphatic rings. The summed E-state index contributed by atoms with van der Waals surface area (Å²) < 4.78 is 3.84. The van der Waals surface area contributed by atoms with Crippen molar-refractivity contribution in [2.75, 3.05) is 0 Å². The molecule has 0 saturated carbocycles. The van der Waals surface area contributed by atoms with Crippen molar-refractivity contribution in [2.24, 2.45) is 0 Å². The second-order valence-electron chi connectivity index (χ2n) is 12.6. The highest BCUT2D eigenvalue weighted by molar-refractivity contribution is 5.81. The van der Waals surface area contributed by atoms with Crippen LogP contribution >= 0.6 is 0 Å². The fourth-order valence-electron chi connectivity index (χ4n) is 7.19. The number of hydrogen-bond donors (Lipinski definition) is 1. The Labute approximate surface area is 291 Å². The molecule has 3 aromatic heterocycles. The van der Waals surface area contributed by atoms with Gasteiger partial charge in [0.1, 0.15) is 5.54 Å². The van der Waals surface area contributed by atoms with E-state index in [-0.39, 0.29) is 0 Å². The molecule has 0 spiro atoms. The number of hydrogen-bond acceptors (Lipinski definition) is 5. The Morgan fingerprint density at radius 3 is 1.82 bits per heavy atom. The van der Waals surface area contributed by atoms with E-state index >= 15 is 0 Å². The van der Waals surface area contributed by atoms with E-state index in [1.165, 1.54) is 16.8 Å². The minimum atomic E-state index is -0.836. The predicted molar refractivity (Wildman–Crippen MR) is 197 cm³/mol. The normalized spacial score (nSPS) is 11.7. The van der Waals surface area contributed by atoms with Crippen molar-refractivity contribution >= 4 is 5.65 Å². The van der Waals surface area contributed by atoms with Crippen molar-refractivity contribution in [1.82, 2.24) is 40.0 Å². The van der Waals surface area contributed by atoms with Crippen LogP contribution in [0.5, 0.6) is 0 Å². The lowest BCUT2D eigenvalue weighted by atomic mass is 9.77. The maximum absolute atomic E-state index is 4.87. The first-order chi connectivity index (χ1) is 24.7. The lowest BCUT2D eigenvalue weighted by Gasteiger charge is -2.36. The highest BCUT2D eigenvalue weighted by Gasteiger charge is 2.42. The summed E-state index contributed by atoms with van der Waals surface area (Å²) in [6.45, 7) is 4.32. The molecule has 8 heteroatoms. The summed E-state index contributed by atoms with van der Waals surface area (Å²) in [5.74, 6) is 1.56. The SMILES string of the molecule is CCCc1nc2c(Cc3ccc(-c4ccccc4-c4nnnn4C(c4ccccc4)(c4ccccc4)c4ccccc4)cc3)c(CC)[nH]n2n1. The van der Waals surface area contributed by atoms with E-state index in [4.69, 9.17) is 15.3 Å². The second-order valence-corrected chi connectivity index (χ2v) is 12.6. The fraction of sp³-hybridized carbons (Fsp3) is 0.167. The Morgan fingerprint density at radius 1 is 0.660 bits per heavy atom. The Morgan fingerprint density at radius 2 is 1.24 bits per heavy atom. The Hall–Kier alpha value is -6.15. The molecular weight excluding hydrogens is 617 g/mol. The average molecular weight is 655 g/mol. The standard InChI is InChI=1S/C42H38N8/c1-3-16-39-43-40-37(38(4-2)45-50(40)46-39)29-30-25-27-31(28-26-30)35-23-14-15-24-36(35)41-44-47-48-49(41)42(32-17-8-5-9-18-32,33-19-10-6-11-20-33)34-21-12-7-13-22-34/h5-15,17-28,45H,3-4,16,29H2,1-2H3. The van der Waals surface area contributed by atoms with Crippen molar-refractivity contribution in [3.8, 4) is 22.5 Å². The van der Waals surface area contributed by atoms with Gasteiger partial charge < -0.3 is 0 Å². The van der Waals surface area contributed by atoms with Crippen LogP contribution in [0.3, 0.4) is 0 Å². The zero-order chi connectivity index (χ0) is 33.9. The molecule has 0 aliphatic heterocycles. The van der Waals surface area contributed by atoms with Gasteiger partial charge in [-0.05, 0) is 56.6 Å². The number of fused-ring (bicyclic) bond motifs is 1. The van der Waals surface area contributed by atoms with Crippen LogP contribution in [0.25, 0.3) is 28.2 Å². The zero-order valence-corrected chi connectivity index (χ0v) is 28.2. The molecule has 3 heterocycles. The quantitative estimate of drug-likeness (QED) is 0.142. The molecular formula is C42H38N8. The maximum Gasteiger partial charge on any atom is 0.184 e. The third kappa shape index (κ3) is 5.39. The van der Waals surface area contributed by atoms with Gasteiger partial charge in [0.25, 0.3) is 0 Å². The molecule has 5 aromatic carbocycles. The number of nitrogens with one attached hydrogen (secondary N) is 1. The molecule has 1 N–H and O–H groups in total. The van der Waals surface area contributed by atoms with Gasteiger partial charge in [-0.15, -0.1) is 10.2 Å². The highest BCUT2D eigenvalue weighted by atomic mass is 15.6. The molecule has 0 aliphatic carbocycles. The van der Waals surface area contributed by atoms with Crippen molar-refractivity contribution in [2.45, 2.75) is 45.1 Å². The van der Waals surface area contributed by atoms with Gasteiger partial charge in [0, 0.05) is 29.7 Å². The van der Waals surface area contributed by atoms with Crippen molar-refractivity contribution in [3.05, 3.63) is 179 Å². The summed E-state index contributed by atoms with van der Waals surface area (Å²) in [5.41, 5.74) is 9.95. The van der Waals surface area contributed by atoms with Crippen LogP contribution in [-0.4, -0.2) is 40.0 Å². The van der Waals surface area contributed by atoms with Crippen molar-refractivity contribution in [1.29, 1.82) is 0 Å². The van der Waals surface area contributed by atoms with Gasteiger partial charge in [-0.1, -0.05) is 153 Å². The van der Waals surface area contributed by atoms with Crippen LogP contribution in [0.2, 0.25) is 0 Å². The third-order valence-electron chi connectivity index (χ3n) is 9.53. The molecule has 0 bridgehead atoms. The number of benzene rings is 5. The molecule has 0 saturated heterocycles. The molecule has 0 amide bonds. The van der Waals surface area contributed by atoms with Crippen molar-refractivity contribution < 1.29 is 0 Å². The minimum Gasteiger partial charge on any atom is -0.280 e. The molecule has 246 valence electrons. The summed E-state index contributed by atoms with van der Waals surface area (Å²) in [4.78, 5) is 4.87. The molecule has 8 aromatic rings. The summed E-state index contributed by atoms with van der Waals surface area (Å²) >= 11 is 0. The first-order valence-electron chi connectivity index (χ1n) is 17.3. The molecule has 50 heavy (non-hydrogen) atoms. The molecule has 8 nitrogen and oxygen atoms in total. The largest absolute Gasteiger partial charge is 0.280 e. The van der Waals surface area contributed by atoms with Gasteiger partial charge in [0.15, 0.2) is 17.3 Å². The number of aryl methyl sites for hydroxylation is 2. The van der Waals surface area contributed by atoms with E-state index in [1.807, 2.05) is 27.5 Å². The molecule has 0 unspecified atom stereocenters. The van der Waals surface area contributed by atoms with Gasteiger partial charge in [-0.3, -0.25) is 5.10 Å². The monoisotopic (exact) mass is 654 g/mol. The number of aromatic amines is 1. The predicted octanol–water partition coefficient (Wildman–Crippen LogP) is 8.32. The maximum atomic E-state index is 4.87. The first kappa shape index (κ1) is 31.1. The number of rotatable bonds is 11. The lowest BCUT2D eigenvalue weighted by molar-refractivity contribution is 0.451. The van der Waals surface area contributed by atoms with Gasteiger partial charge in [-0.25, -0.2) is 9.67 Å². The summed E-state index contributed by atoms with van der Waals surface area (Å²) in [6, 6.07) is 48.7. The Bertz CT molecular complexity index is 2240. The van der Waals surface area contributed by atoms with Gasteiger partial charge in [0.05, 0.1) is 0 Å². The molecule has 0 fully saturated rings. The number of aromatic nitrogens is 8. The minimum absolute atomic E-state index is 0.679. The fourth-order valence-corrected chi connectivity index (χ4v) is 7.19. The van der Waals surface area contributed by atoms with E-state index < -0.39 is 5.54 Å². The molecule has 8 rings (SSSR count). The zero-order valence-electron chi connectivity index (χ0n) is 28.2. The van der Waals surface area contributed by atoms with Gasteiger partial charge in [-0.2, -0.15) is 4.63 Å². The first-order valence-corrected chi connectivity index (χ1v) is 17.3. The smallest absolute Gasteiger partial charge is 0.184 e. The second kappa shape index (κ2) is 13.4. The molecule has 0 atom stereocenters. The Kier molecular flexibility index (Phi) is 8.34. The van der Waals surface area contributed by atoms with E-state index in [9.17, 15) is 0 Å². The lowest BCUT2D eigenvalue weighted by Crippen LogP contribution is -2.39. The van der Waals surface area contributed by atoms with Crippen LogP contribution in [0, 0.1) is 0 Å². The van der Waals surface area contributed by atoms with Crippen LogP contribution in [-0.2, 0) is 24.8 Å². The van der Waals surface area contributed by atoms with E-state index in [0.29, 0.717) is 5.82 Å². The third-order valence-corrected chi connectivity index (χ3v) is 9.53. The van der Waals surface area contributed by atoms with Crippen molar-refractivity contribution in [3.63, 3.8) is 0 Å². The summed E-state index contributed by atoms with van der Waals surface area (Å²) in [7, 11) is 0. The highest BCUT2D eigenvalue weighted by Crippen LogP contribution is 2.43. The Balaban J connectivity index is 1.23. The van der Waals surface area contributed by atoms with E-state index in [2.05, 4.69) is 151 Å². The van der Waals surface area contributed by atoms with Gasteiger partial charge in [0.2, 0.25) is 0 Å². The summed E-state index contributed by atoms with van der Waals surface area (Å²) in [6.07, 6.45) is 3.55. The van der Waals surface area contributed by atoms with E-state index in [1.54, 1.807) is 0 Å². The van der Waals surface area contributed by atoms with Crippen LogP contribution in [0.15, 0.2) is 140 Å². The summed E-state index contributed by atoms with van der Waals surface area (Å²) in [5, 5.41) is 22.0. The van der Waals surface area contributed by atoms with E-state index in [0.717, 1.165) is 70.5 Å². The number of nitrogens with zero attached hydrogens (tertiary/aromatic N) is 7. The van der Waals surface area contributed by atoms with Crippen LogP contribution in [0.1, 0.15) is 59.6 Å².